The fourth-order valence-corrected chi connectivity index (χ4v) is 6.48. The lowest BCUT2D eigenvalue weighted by Gasteiger charge is -2.20. The number of hydrogen-bond acceptors (Lipinski definition) is 6. The van der Waals surface area contributed by atoms with Crippen LogP contribution in [-0.2, 0) is 24.4 Å². The first kappa shape index (κ1) is 38.3. The molecule has 0 unspecified atom stereocenters. The maximum Gasteiger partial charge on any atom is 0.220 e. The van der Waals surface area contributed by atoms with Crippen LogP contribution in [0.4, 0.5) is 0 Å². The first-order valence-electron chi connectivity index (χ1n) is 18.2. The molecular weight excluding hydrogens is 670 g/mol. The number of benzene rings is 5. The Labute approximate surface area is 313 Å². The third kappa shape index (κ3) is 10.1. The second kappa shape index (κ2) is 19.1. The molecule has 0 aliphatic heterocycles. The number of halogens is 1. The van der Waals surface area contributed by atoms with E-state index in [4.69, 9.17) is 15.2 Å². The number of carbonyl (C=O) groups excluding carboxylic acids is 1. The molecular formula is C43H50ClN5O3. The maximum atomic E-state index is 12.9. The van der Waals surface area contributed by atoms with Crippen LogP contribution < -0.4 is 20.5 Å². The van der Waals surface area contributed by atoms with E-state index in [2.05, 4.69) is 108 Å². The van der Waals surface area contributed by atoms with Gasteiger partial charge in [-0.25, -0.2) is 0 Å². The number of carbonyl (C=O) groups is 1. The van der Waals surface area contributed by atoms with Crippen molar-refractivity contribution >= 4 is 39.9 Å². The minimum atomic E-state index is -0.0807. The standard InChI is InChI=1S/C43H49N5O3.ClH/c1-31(2)25-27-50-39-22-20-33-14-6-8-17-37(33)42(39)43-38-18-9-7-15-34(38)21-23-40(43)51-30-36-29-48(47-46-36)28-35(16-10-11-26-44)45-41(49)24-19-32-12-4-3-5-13-32;/h3-9,12-15,17-18,20-23,29,31,35H,10-11,16,19,24-28,30,44H2,1-2H3,(H,45,49);1H/t35-;/m1./s1. The molecule has 1 heterocycles. The van der Waals surface area contributed by atoms with Crippen molar-refractivity contribution in [3.8, 4) is 22.6 Å². The molecule has 0 saturated carbocycles. The predicted octanol–water partition coefficient (Wildman–Crippen LogP) is 8.92. The van der Waals surface area contributed by atoms with Crippen LogP contribution in [0.15, 0.2) is 109 Å². The summed E-state index contributed by atoms with van der Waals surface area (Å²) in [5.74, 6) is 2.16. The summed E-state index contributed by atoms with van der Waals surface area (Å²) in [5.41, 5.74) is 9.65. The maximum absolute atomic E-state index is 12.9. The number of nitrogens with two attached hydrogens (primary N) is 1. The highest BCUT2D eigenvalue weighted by molar-refractivity contribution is 6.09. The van der Waals surface area contributed by atoms with E-state index >= 15 is 0 Å². The summed E-state index contributed by atoms with van der Waals surface area (Å²) in [7, 11) is 0. The summed E-state index contributed by atoms with van der Waals surface area (Å²) >= 11 is 0. The van der Waals surface area contributed by atoms with Gasteiger partial charge in [0.25, 0.3) is 0 Å². The number of ether oxygens (including phenoxy) is 2. The van der Waals surface area contributed by atoms with Crippen LogP contribution in [0, 0.1) is 5.92 Å². The largest absolute Gasteiger partial charge is 0.493 e. The van der Waals surface area contributed by atoms with Crippen molar-refractivity contribution in [2.24, 2.45) is 11.7 Å². The van der Waals surface area contributed by atoms with Crippen LogP contribution in [0.2, 0.25) is 0 Å². The van der Waals surface area contributed by atoms with Crippen LogP contribution in [0.5, 0.6) is 11.5 Å². The van der Waals surface area contributed by atoms with Crippen molar-refractivity contribution in [2.75, 3.05) is 13.2 Å². The van der Waals surface area contributed by atoms with Gasteiger partial charge in [0.05, 0.1) is 19.3 Å². The number of amides is 1. The highest BCUT2D eigenvalue weighted by Crippen LogP contribution is 2.45. The molecule has 0 fully saturated rings. The molecule has 3 N–H and O–H groups in total. The summed E-state index contributed by atoms with van der Waals surface area (Å²) in [5, 5.41) is 16.6. The number of nitrogens with one attached hydrogen (secondary N) is 1. The highest BCUT2D eigenvalue weighted by Gasteiger charge is 2.20. The molecule has 0 bridgehead atoms. The van der Waals surface area contributed by atoms with E-state index in [-0.39, 0.29) is 31.0 Å². The molecule has 0 aliphatic rings. The van der Waals surface area contributed by atoms with Gasteiger partial charge in [0.2, 0.25) is 5.91 Å². The molecule has 9 heteroatoms. The van der Waals surface area contributed by atoms with E-state index in [1.165, 1.54) is 0 Å². The molecule has 52 heavy (non-hydrogen) atoms. The Hall–Kier alpha value is -4.92. The molecule has 272 valence electrons. The number of hydrogen-bond donors (Lipinski definition) is 2. The Kier molecular flexibility index (Phi) is 14.0. The molecule has 0 aliphatic carbocycles. The van der Waals surface area contributed by atoms with Gasteiger partial charge >= 0.3 is 0 Å². The van der Waals surface area contributed by atoms with Gasteiger partial charge in [0.15, 0.2) is 0 Å². The number of unbranched alkanes of at least 4 members (excludes halogenated alkanes) is 1. The average molecular weight is 720 g/mol. The topological polar surface area (TPSA) is 104 Å². The third-order valence-electron chi connectivity index (χ3n) is 9.21. The van der Waals surface area contributed by atoms with Crippen molar-refractivity contribution in [2.45, 2.75) is 71.6 Å². The van der Waals surface area contributed by atoms with Crippen molar-refractivity contribution in [3.63, 3.8) is 0 Å². The van der Waals surface area contributed by atoms with Crippen LogP contribution in [-0.4, -0.2) is 40.1 Å². The normalized spacial score (nSPS) is 11.8. The molecule has 6 aromatic rings. The van der Waals surface area contributed by atoms with Crippen LogP contribution in [0.3, 0.4) is 0 Å². The molecule has 5 aromatic carbocycles. The van der Waals surface area contributed by atoms with Crippen LogP contribution in [0.25, 0.3) is 32.7 Å². The molecule has 1 aromatic heterocycles. The summed E-state index contributed by atoms with van der Waals surface area (Å²) in [6.45, 7) is 6.43. The van der Waals surface area contributed by atoms with E-state index in [0.29, 0.717) is 44.1 Å². The van der Waals surface area contributed by atoms with Crippen LogP contribution in [0.1, 0.15) is 57.2 Å². The first-order valence-corrected chi connectivity index (χ1v) is 18.2. The fraction of sp³-hybridized carbons (Fsp3) is 0.326. The van der Waals surface area contributed by atoms with Gasteiger partial charge < -0.3 is 20.5 Å². The monoisotopic (exact) mass is 719 g/mol. The number of aryl methyl sites for hydroxylation is 1. The zero-order chi connectivity index (χ0) is 35.4. The number of nitrogens with zero attached hydrogens (tertiary/aromatic N) is 3. The van der Waals surface area contributed by atoms with Crippen molar-refractivity contribution in [3.05, 3.63) is 121 Å². The first-order chi connectivity index (χ1) is 25.0. The highest BCUT2D eigenvalue weighted by atomic mass is 35.5. The Morgan fingerprint density at radius 1 is 0.788 bits per heavy atom. The van der Waals surface area contributed by atoms with Crippen molar-refractivity contribution in [1.82, 2.24) is 20.3 Å². The fourth-order valence-electron chi connectivity index (χ4n) is 6.48. The predicted molar refractivity (Wildman–Crippen MR) is 213 cm³/mol. The lowest BCUT2D eigenvalue weighted by molar-refractivity contribution is -0.121. The van der Waals surface area contributed by atoms with Gasteiger partial charge in [-0.1, -0.05) is 116 Å². The van der Waals surface area contributed by atoms with Crippen molar-refractivity contribution in [1.29, 1.82) is 0 Å². The van der Waals surface area contributed by atoms with E-state index in [1.54, 1.807) is 4.68 Å². The second-order valence-electron chi connectivity index (χ2n) is 13.6. The minimum absolute atomic E-state index is 0. The van der Waals surface area contributed by atoms with E-state index in [0.717, 1.165) is 75.4 Å². The number of rotatable bonds is 18. The van der Waals surface area contributed by atoms with Crippen molar-refractivity contribution < 1.29 is 14.3 Å². The van der Waals surface area contributed by atoms with E-state index < -0.39 is 0 Å². The lowest BCUT2D eigenvalue weighted by atomic mass is 9.92. The molecule has 8 nitrogen and oxygen atoms in total. The van der Waals surface area contributed by atoms with Gasteiger partial charge in [0, 0.05) is 23.6 Å². The van der Waals surface area contributed by atoms with Gasteiger partial charge in [-0.3, -0.25) is 9.48 Å². The Morgan fingerprint density at radius 3 is 2.08 bits per heavy atom. The smallest absolute Gasteiger partial charge is 0.220 e. The average Bonchev–Trinajstić information content (AvgIpc) is 3.60. The zero-order valence-corrected chi connectivity index (χ0v) is 31.0. The lowest BCUT2D eigenvalue weighted by Crippen LogP contribution is -2.38. The molecule has 0 radical (unpaired) electrons. The van der Waals surface area contributed by atoms with Gasteiger partial charge in [-0.05, 0) is 77.4 Å². The summed E-state index contributed by atoms with van der Waals surface area (Å²) in [4.78, 5) is 12.9. The second-order valence-corrected chi connectivity index (χ2v) is 13.6. The molecule has 0 spiro atoms. The minimum Gasteiger partial charge on any atom is -0.493 e. The van der Waals surface area contributed by atoms with Gasteiger partial charge in [-0.15, -0.1) is 17.5 Å². The Balaban J connectivity index is 0.00000523. The molecule has 1 amide bonds. The Bertz CT molecular complexity index is 2030. The Morgan fingerprint density at radius 2 is 1.42 bits per heavy atom. The molecule has 6 rings (SSSR count). The van der Waals surface area contributed by atoms with E-state index in [9.17, 15) is 4.79 Å². The SMILES string of the molecule is CC(C)CCOc1ccc2ccccc2c1-c1c(OCc2cn(C[C@@H](CCCCN)NC(=O)CCc3ccccc3)nn2)ccc2ccccc12.Cl. The quantitative estimate of drug-likeness (QED) is 0.0860. The summed E-state index contributed by atoms with van der Waals surface area (Å²) in [6, 6.07) is 35.2. The summed E-state index contributed by atoms with van der Waals surface area (Å²) < 4.78 is 14.9. The number of fused-ring (bicyclic) bond motifs is 2. The molecule has 1 atom stereocenters. The van der Waals surface area contributed by atoms with Crippen LogP contribution >= 0.6 is 12.4 Å². The van der Waals surface area contributed by atoms with E-state index in [1.807, 2.05) is 30.5 Å². The third-order valence-corrected chi connectivity index (χ3v) is 9.21. The summed E-state index contributed by atoms with van der Waals surface area (Å²) in [6.07, 6.45) is 6.65. The van der Waals surface area contributed by atoms with Gasteiger partial charge in [0.1, 0.15) is 23.8 Å². The number of aromatic nitrogens is 3. The zero-order valence-electron chi connectivity index (χ0n) is 30.2. The molecule has 0 saturated heterocycles. The van der Waals surface area contributed by atoms with Gasteiger partial charge in [-0.2, -0.15) is 0 Å².